The maximum Gasteiger partial charge on any atom is 0.142 e. The van der Waals surface area contributed by atoms with Crippen molar-refractivity contribution in [3.8, 4) is 0 Å². The van der Waals surface area contributed by atoms with Gasteiger partial charge < -0.3 is 10.2 Å². The van der Waals surface area contributed by atoms with Gasteiger partial charge in [0, 0.05) is 26.3 Å². The lowest BCUT2D eigenvalue weighted by Crippen LogP contribution is -2.30. The van der Waals surface area contributed by atoms with Gasteiger partial charge >= 0.3 is 0 Å². The first-order chi connectivity index (χ1) is 7.25. The molecule has 4 heteroatoms. The van der Waals surface area contributed by atoms with Gasteiger partial charge in [0.15, 0.2) is 0 Å². The third-order valence-electron chi connectivity index (χ3n) is 2.15. The van der Waals surface area contributed by atoms with E-state index in [1.165, 1.54) is 6.42 Å². The van der Waals surface area contributed by atoms with E-state index in [4.69, 9.17) is 0 Å². The van der Waals surface area contributed by atoms with E-state index < -0.39 is 0 Å². The summed E-state index contributed by atoms with van der Waals surface area (Å²) in [5.41, 5.74) is 0. The number of halogens is 1. The van der Waals surface area contributed by atoms with Gasteiger partial charge in [-0.3, -0.25) is 0 Å². The van der Waals surface area contributed by atoms with Gasteiger partial charge in [0.1, 0.15) is 5.82 Å². The Morgan fingerprint density at radius 2 is 2.27 bits per heavy atom. The van der Waals surface area contributed by atoms with Crippen LogP contribution in [0.1, 0.15) is 13.3 Å². The van der Waals surface area contributed by atoms with Crippen molar-refractivity contribution in [2.24, 2.45) is 0 Å². The zero-order chi connectivity index (χ0) is 11.1. The molecule has 1 aromatic heterocycles. The van der Waals surface area contributed by atoms with Crippen molar-refractivity contribution in [3.05, 3.63) is 22.8 Å². The van der Waals surface area contributed by atoms with E-state index in [9.17, 15) is 0 Å². The molecule has 1 heterocycles. The van der Waals surface area contributed by atoms with Gasteiger partial charge in [0.2, 0.25) is 0 Å². The molecule has 0 saturated carbocycles. The number of hydrogen-bond acceptors (Lipinski definition) is 3. The summed E-state index contributed by atoms with van der Waals surface area (Å²) in [5, 5.41) is 3.37. The molecule has 1 aromatic rings. The van der Waals surface area contributed by atoms with Gasteiger partial charge in [-0.15, -0.1) is 0 Å². The van der Waals surface area contributed by atoms with Crippen molar-refractivity contribution in [2.75, 3.05) is 31.6 Å². The number of nitrogens with one attached hydrogen (secondary N) is 1. The van der Waals surface area contributed by atoms with Crippen LogP contribution < -0.4 is 10.2 Å². The van der Waals surface area contributed by atoms with Crippen molar-refractivity contribution in [2.45, 2.75) is 13.3 Å². The summed E-state index contributed by atoms with van der Waals surface area (Å²) < 4.78 is 1.04. The average molecular weight is 272 g/mol. The molecule has 0 atom stereocenters. The minimum absolute atomic E-state index is 0.968. The molecular formula is C11H18BrN3. The largest absolute Gasteiger partial charge is 0.357 e. The molecule has 0 radical (unpaired) electrons. The SMILES string of the molecule is CCCNCCN(C)c1ncccc1Br. The van der Waals surface area contributed by atoms with Gasteiger partial charge in [-0.2, -0.15) is 0 Å². The second kappa shape index (κ2) is 6.80. The Kier molecular flexibility index (Phi) is 5.65. The highest BCUT2D eigenvalue weighted by Gasteiger charge is 2.05. The molecule has 84 valence electrons. The van der Waals surface area contributed by atoms with Crippen LogP contribution in [0.15, 0.2) is 22.8 Å². The highest BCUT2D eigenvalue weighted by Crippen LogP contribution is 2.21. The summed E-state index contributed by atoms with van der Waals surface area (Å²) in [6.45, 7) is 5.21. The fourth-order valence-corrected chi connectivity index (χ4v) is 1.87. The van der Waals surface area contributed by atoms with Crippen LogP contribution in [0.2, 0.25) is 0 Å². The molecule has 0 saturated heterocycles. The predicted molar refractivity (Wildman–Crippen MR) is 68.4 cm³/mol. The van der Waals surface area contributed by atoms with Gasteiger partial charge in [0.05, 0.1) is 4.47 Å². The van der Waals surface area contributed by atoms with Crippen LogP contribution in [0.25, 0.3) is 0 Å². The average Bonchev–Trinajstić information content (AvgIpc) is 2.25. The Morgan fingerprint density at radius 1 is 1.47 bits per heavy atom. The van der Waals surface area contributed by atoms with E-state index in [2.05, 4.69) is 45.1 Å². The number of hydrogen-bond donors (Lipinski definition) is 1. The van der Waals surface area contributed by atoms with E-state index in [0.29, 0.717) is 0 Å². The molecule has 3 nitrogen and oxygen atoms in total. The van der Waals surface area contributed by atoms with Gasteiger partial charge in [-0.05, 0) is 41.0 Å². The highest BCUT2D eigenvalue weighted by molar-refractivity contribution is 9.10. The molecule has 0 aliphatic heterocycles. The highest BCUT2D eigenvalue weighted by atomic mass is 79.9. The molecule has 1 rings (SSSR count). The first kappa shape index (κ1) is 12.5. The number of anilines is 1. The third kappa shape index (κ3) is 4.18. The topological polar surface area (TPSA) is 28.2 Å². The zero-order valence-electron chi connectivity index (χ0n) is 9.33. The third-order valence-corrected chi connectivity index (χ3v) is 2.77. The summed E-state index contributed by atoms with van der Waals surface area (Å²) in [5.74, 6) is 0.996. The summed E-state index contributed by atoms with van der Waals surface area (Å²) in [6, 6.07) is 3.94. The standard InChI is InChI=1S/C11H18BrN3/c1-3-6-13-8-9-15(2)11-10(12)5-4-7-14-11/h4-5,7,13H,3,6,8-9H2,1-2H3. The lowest BCUT2D eigenvalue weighted by atomic mass is 10.4. The van der Waals surface area contributed by atoms with E-state index in [1.807, 2.05) is 18.3 Å². The molecule has 15 heavy (non-hydrogen) atoms. The monoisotopic (exact) mass is 271 g/mol. The fraction of sp³-hybridized carbons (Fsp3) is 0.545. The maximum atomic E-state index is 4.33. The second-order valence-electron chi connectivity index (χ2n) is 3.48. The first-order valence-corrected chi connectivity index (χ1v) is 6.07. The molecule has 0 amide bonds. The molecule has 0 spiro atoms. The smallest absolute Gasteiger partial charge is 0.142 e. The Hall–Kier alpha value is -0.610. The maximum absolute atomic E-state index is 4.33. The molecular weight excluding hydrogens is 254 g/mol. The quantitative estimate of drug-likeness (QED) is 0.805. The Labute approximate surface area is 100 Å². The number of aromatic nitrogens is 1. The lowest BCUT2D eigenvalue weighted by Gasteiger charge is -2.19. The minimum atomic E-state index is 0.968. The van der Waals surface area contributed by atoms with Gasteiger partial charge in [-0.25, -0.2) is 4.98 Å². The van der Waals surface area contributed by atoms with Crippen molar-refractivity contribution in [1.82, 2.24) is 10.3 Å². The second-order valence-corrected chi connectivity index (χ2v) is 4.33. The van der Waals surface area contributed by atoms with Crippen LogP contribution in [-0.4, -0.2) is 31.7 Å². The molecule has 0 bridgehead atoms. The fourth-order valence-electron chi connectivity index (χ4n) is 1.31. The molecule has 0 unspecified atom stereocenters. The Bertz CT molecular complexity index is 291. The number of likely N-dealkylation sites (N-methyl/N-ethyl adjacent to an activating group) is 1. The van der Waals surface area contributed by atoms with Crippen LogP contribution in [0.4, 0.5) is 5.82 Å². The van der Waals surface area contributed by atoms with Crippen molar-refractivity contribution >= 4 is 21.7 Å². The molecule has 1 N–H and O–H groups in total. The lowest BCUT2D eigenvalue weighted by molar-refractivity contribution is 0.663. The molecule has 0 aromatic carbocycles. The Morgan fingerprint density at radius 3 is 2.93 bits per heavy atom. The van der Waals surface area contributed by atoms with Crippen LogP contribution in [0.5, 0.6) is 0 Å². The van der Waals surface area contributed by atoms with E-state index in [1.54, 1.807) is 0 Å². The van der Waals surface area contributed by atoms with E-state index in [0.717, 1.165) is 29.9 Å². The Balaban J connectivity index is 2.40. The molecule has 0 aliphatic rings. The summed E-state index contributed by atoms with van der Waals surface area (Å²) in [4.78, 5) is 6.47. The zero-order valence-corrected chi connectivity index (χ0v) is 10.9. The number of nitrogens with zero attached hydrogens (tertiary/aromatic N) is 2. The van der Waals surface area contributed by atoms with Gasteiger partial charge in [-0.1, -0.05) is 6.92 Å². The van der Waals surface area contributed by atoms with Crippen LogP contribution >= 0.6 is 15.9 Å². The normalized spacial score (nSPS) is 10.3. The number of rotatable bonds is 6. The van der Waals surface area contributed by atoms with Crippen LogP contribution in [0.3, 0.4) is 0 Å². The first-order valence-electron chi connectivity index (χ1n) is 5.28. The summed E-state index contributed by atoms with van der Waals surface area (Å²) >= 11 is 3.49. The van der Waals surface area contributed by atoms with Crippen molar-refractivity contribution < 1.29 is 0 Å². The minimum Gasteiger partial charge on any atom is -0.357 e. The molecule has 0 fully saturated rings. The van der Waals surface area contributed by atoms with Crippen molar-refractivity contribution in [3.63, 3.8) is 0 Å². The molecule has 0 aliphatic carbocycles. The number of pyridine rings is 1. The van der Waals surface area contributed by atoms with Crippen molar-refractivity contribution in [1.29, 1.82) is 0 Å². The van der Waals surface area contributed by atoms with Crippen LogP contribution in [0, 0.1) is 0 Å². The van der Waals surface area contributed by atoms with Gasteiger partial charge in [0.25, 0.3) is 0 Å². The van der Waals surface area contributed by atoms with Crippen LogP contribution in [-0.2, 0) is 0 Å². The summed E-state index contributed by atoms with van der Waals surface area (Å²) in [7, 11) is 2.06. The van der Waals surface area contributed by atoms with E-state index >= 15 is 0 Å². The predicted octanol–water partition coefficient (Wildman–Crippen LogP) is 2.28. The van der Waals surface area contributed by atoms with E-state index in [-0.39, 0.29) is 0 Å². The summed E-state index contributed by atoms with van der Waals surface area (Å²) in [6.07, 6.45) is 2.99.